The van der Waals surface area contributed by atoms with E-state index in [0.29, 0.717) is 11.8 Å². The summed E-state index contributed by atoms with van der Waals surface area (Å²) in [6.07, 6.45) is -6.47. The quantitative estimate of drug-likeness (QED) is 0.278. The van der Waals surface area contributed by atoms with Gasteiger partial charge in [0.2, 0.25) is 10.8 Å². The molecule has 15 heteroatoms. The van der Waals surface area contributed by atoms with Crippen LogP contribution in [0.4, 0.5) is 0 Å². The molecule has 0 aromatic rings. The number of nitrogens with one attached hydrogen (secondary N) is 1. The number of rotatable bonds is 10. The standard InChI is InChI=1S/C22H31NO13S/c1-10(24)23-18-16(33-12(3)26)8-22(21(30)31-7,37-15(6)29)36-20(18)19(35-14(5)28)17(34-13(4)27)9-32-11(2)25/h16-20H,8-9H2,1-7H3,(H,23,24)/t16-,17+,18+,19+,20+,22-/m0/s1. The maximum atomic E-state index is 12.9. The normalized spacial score (nSPS) is 24.5. The van der Waals surface area contributed by atoms with Crippen molar-refractivity contribution in [2.45, 2.75) is 83.4 Å². The number of carbonyl (C=O) groups excluding carboxylic acids is 7. The van der Waals surface area contributed by atoms with Crippen LogP contribution in [0, 0.1) is 0 Å². The van der Waals surface area contributed by atoms with E-state index in [1.54, 1.807) is 0 Å². The fourth-order valence-corrected chi connectivity index (χ4v) is 4.77. The Morgan fingerprint density at radius 3 is 1.95 bits per heavy atom. The summed E-state index contributed by atoms with van der Waals surface area (Å²) in [5.41, 5.74) is 0. The lowest BCUT2D eigenvalue weighted by atomic mass is 9.89. The van der Waals surface area contributed by atoms with Crippen molar-refractivity contribution in [1.29, 1.82) is 0 Å². The monoisotopic (exact) mass is 549 g/mol. The fourth-order valence-electron chi connectivity index (χ4n) is 3.74. The SMILES string of the molecule is COC(=O)[C@@]1(SC(C)=O)C[C@H](OC(C)=O)[C@@H](NC(C)=O)[C@H]([C@H](OC(C)=O)[C@@H](COC(C)=O)OC(C)=O)O1. The topological polar surface area (TPSA) is 187 Å². The van der Waals surface area contributed by atoms with Gasteiger partial charge in [-0.05, 0) is 11.8 Å². The van der Waals surface area contributed by atoms with Gasteiger partial charge < -0.3 is 33.7 Å². The summed E-state index contributed by atoms with van der Waals surface area (Å²) >= 11 is 0.418. The fraction of sp³-hybridized carbons (Fsp3) is 0.682. The smallest absolute Gasteiger partial charge is 0.349 e. The number of ether oxygens (including phenoxy) is 6. The highest BCUT2D eigenvalue weighted by atomic mass is 32.2. The molecule has 1 saturated heterocycles. The lowest BCUT2D eigenvalue weighted by Crippen LogP contribution is -2.68. The zero-order chi connectivity index (χ0) is 28.5. The summed E-state index contributed by atoms with van der Waals surface area (Å²) in [5, 5.41) is 1.96. The van der Waals surface area contributed by atoms with Gasteiger partial charge in [-0.25, -0.2) is 4.79 Å². The molecule has 1 aliphatic rings. The highest BCUT2D eigenvalue weighted by molar-refractivity contribution is 8.15. The van der Waals surface area contributed by atoms with Crippen LogP contribution in [0.3, 0.4) is 0 Å². The van der Waals surface area contributed by atoms with Crippen LogP contribution in [0.2, 0.25) is 0 Å². The summed E-state index contributed by atoms with van der Waals surface area (Å²) in [6.45, 7) is 5.94. The molecule has 1 fully saturated rings. The number of carbonyl (C=O) groups is 7. The Balaban J connectivity index is 3.83. The van der Waals surface area contributed by atoms with Crippen molar-refractivity contribution in [2.24, 2.45) is 0 Å². The Morgan fingerprint density at radius 2 is 1.51 bits per heavy atom. The second-order valence-corrected chi connectivity index (χ2v) is 9.46. The number of hydrogen-bond donors (Lipinski definition) is 1. The second-order valence-electron chi connectivity index (χ2n) is 8.02. The Bertz CT molecular complexity index is 922. The molecule has 208 valence electrons. The Labute approximate surface area is 217 Å². The summed E-state index contributed by atoms with van der Waals surface area (Å²) in [6, 6.07) is -1.29. The average molecular weight is 550 g/mol. The Kier molecular flexibility index (Phi) is 12.0. The molecule has 0 saturated carbocycles. The number of amides is 1. The van der Waals surface area contributed by atoms with E-state index in [0.717, 1.165) is 48.7 Å². The van der Waals surface area contributed by atoms with Crippen molar-refractivity contribution < 1.29 is 62.0 Å². The molecule has 1 heterocycles. The van der Waals surface area contributed by atoms with Gasteiger partial charge >= 0.3 is 29.8 Å². The van der Waals surface area contributed by atoms with E-state index < -0.39 is 89.3 Å². The molecular weight excluding hydrogens is 518 g/mol. The molecule has 1 aliphatic heterocycles. The molecule has 1 amide bonds. The van der Waals surface area contributed by atoms with Crippen LogP contribution in [-0.2, 0) is 62.0 Å². The summed E-state index contributed by atoms with van der Waals surface area (Å²) in [4.78, 5) is 82.4. The second kappa shape index (κ2) is 13.9. The van der Waals surface area contributed by atoms with E-state index in [9.17, 15) is 33.6 Å². The highest BCUT2D eigenvalue weighted by Gasteiger charge is 2.59. The highest BCUT2D eigenvalue weighted by Crippen LogP contribution is 2.43. The first-order valence-electron chi connectivity index (χ1n) is 11.0. The summed E-state index contributed by atoms with van der Waals surface area (Å²) < 4.78 is 31.9. The molecule has 0 unspecified atom stereocenters. The number of esters is 5. The lowest BCUT2D eigenvalue weighted by molar-refractivity contribution is -0.224. The molecular formula is C22H31NO13S. The van der Waals surface area contributed by atoms with Crippen molar-refractivity contribution in [3.63, 3.8) is 0 Å². The van der Waals surface area contributed by atoms with E-state index in [2.05, 4.69) is 5.32 Å². The van der Waals surface area contributed by atoms with Crippen LogP contribution >= 0.6 is 11.8 Å². The van der Waals surface area contributed by atoms with Gasteiger partial charge in [0.15, 0.2) is 17.3 Å². The molecule has 6 atom stereocenters. The van der Waals surface area contributed by atoms with Gasteiger partial charge in [0, 0.05) is 48.0 Å². The van der Waals surface area contributed by atoms with E-state index >= 15 is 0 Å². The number of thioether (sulfide) groups is 1. The van der Waals surface area contributed by atoms with Gasteiger partial charge in [-0.15, -0.1) is 0 Å². The molecule has 1 N–H and O–H groups in total. The average Bonchev–Trinajstić information content (AvgIpc) is 2.74. The Hall–Kier alpha value is -3.20. The molecule has 1 rings (SSSR count). The van der Waals surface area contributed by atoms with Crippen LogP contribution in [0.1, 0.15) is 48.0 Å². The van der Waals surface area contributed by atoms with Crippen LogP contribution < -0.4 is 5.32 Å². The third-order valence-electron chi connectivity index (χ3n) is 4.80. The largest absolute Gasteiger partial charge is 0.466 e. The minimum atomic E-state index is -2.12. The van der Waals surface area contributed by atoms with Crippen LogP contribution in [0.25, 0.3) is 0 Å². The molecule has 0 aliphatic carbocycles. The van der Waals surface area contributed by atoms with Gasteiger partial charge in [0.05, 0.1) is 13.2 Å². The Morgan fingerprint density at radius 1 is 0.919 bits per heavy atom. The summed E-state index contributed by atoms with van der Waals surface area (Å²) in [7, 11) is 1.04. The maximum absolute atomic E-state index is 12.9. The minimum Gasteiger partial charge on any atom is -0.466 e. The molecule has 37 heavy (non-hydrogen) atoms. The van der Waals surface area contributed by atoms with Gasteiger partial charge in [0.1, 0.15) is 18.8 Å². The van der Waals surface area contributed by atoms with E-state index in [4.69, 9.17) is 28.4 Å². The number of methoxy groups -OCH3 is 1. The first-order valence-corrected chi connectivity index (χ1v) is 11.8. The van der Waals surface area contributed by atoms with Gasteiger partial charge in [-0.1, -0.05) is 0 Å². The van der Waals surface area contributed by atoms with Crippen LogP contribution in [-0.4, -0.2) is 90.0 Å². The lowest BCUT2D eigenvalue weighted by Gasteiger charge is -2.48. The zero-order valence-corrected chi connectivity index (χ0v) is 22.3. The van der Waals surface area contributed by atoms with Crippen LogP contribution in [0.5, 0.6) is 0 Å². The first kappa shape index (κ1) is 31.8. The van der Waals surface area contributed by atoms with E-state index in [1.807, 2.05) is 0 Å². The van der Waals surface area contributed by atoms with Gasteiger partial charge in [-0.3, -0.25) is 28.8 Å². The zero-order valence-electron chi connectivity index (χ0n) is 21.5. The van der Waals surface area contributed by atoms with Crippen molar-refractivity contribution in [3.8, 4) is 0 Å². The summed E-state index contributed by atoms with van der Waals surface area (Å²) in [5.74, 6) is -4.96. The van der Waals surface area contributed by atoms with Crippen molar-refractivity contribution >= 4 is 52.6 Å². The molecule has 0 spiro atoms. The van der Waals surface area contributed by atoms with Crippen molar-refractivity contribution in [2.75, 3.05) is 13.7 Å². The first-order chi connectivity index (χ1) is 17.1. The molecule has 0 radical (unpaired) electrons. The predicted octanol–water partition coefficient (Wildman–Crippen LogP) is -0.213. The molecule has 0 bridgehead atoms. The van der Waals surface area contributed by atoms with E-state index in [1.165, 1.54) is 0 Å². The maximum Gasteiger partial charge on any atom is 0.349 e. The predicted molar refractivity (Wildman–Crippen MR) is 123 cm³/mol. The molecule has 14 nitrogen and oxygen atoms in total. The minimum absolute atomic E-state index is 0.418. The van der Waals surface area contributed by atoms with Crippen molar-refractivity contribution in [3.05, 3.63) is 0 Å². The van der Waals surface area contributed by atoms with Crippen LogP contribution in [0.15, 0.2) is 0 Å². The number of hydrogen-bond acceptors (Lipinski definition) is 14. The van der Waals surface area contributed by atoms with Crippen molar-refractivity contribution in [1.82, 2.24) is 5.32 Å². The molecule has 0 aromatic heterocycles. The van der Waals surface area contributed by atoms with E-state index in [-0.39, 0.29) is 0 Å². The third kappa shape index (κ3) is 9.64. The molecule has 0 aromatic carbocycles. The third-order valence-corrected chi connectivity index (χ3v) is 5.85. The van der Waals surface area contributed by atoms with Gasteiger partial charge in [-0.2, -0.15) is 0 Å². The van der Waals surface area contributed by atoms with Gasteiger partial charge in [0.25, 0.3) is 0 Å².